The summed E-state index contributed by atoms with van der Waals surface area (Å²) in [5.41, 5.74) is 5.08. The van der Waals surface area contributed by atoms with Crippen molar-refractivity contribution in [2.45, 2.75) is 37.1 Å². The highest BCUT2D eigenvalue weighted by Gasteiger charge is 2.19. The molecule has 0 fully saturated rings. The van der Waals surface area contributed by atoms with E-state index in [9.17, 15) is 13.2 Å². The van der Waals surface area contributed by atoms with Crippen LogP contribution in [0.25, 0.3) is 10.9 Å². The van der Waals surface area contributed by atoms with Crippen molar-refractivity contribution in [2.24, 2.45) is 0 Å². The Morgan fingerprint density at radius 1 is 1.03 bits per heavy atom. The van der Waals surface area contributed by atoms with Crippen LogP contribution in [-0.4, -0.2) is 24.3 Å². The maximum Gasteiger partial charge on any atom is 0.267 e. The smallest absolute Gasteiger partial charge is 0.267 e. The van der Waals surface area contributed by atoms with Gasteiger partial charge in [-0.25, -0.2) is 8.42 Å². The van der Waals surface area contributed by atoms with Gasteiger partial charge >= 0.3 is 0 Å². The van der Waals surface area contributed by atoms with Gasteiger partial charge in [-0.3, -0.25) is 14.5 Å². The molecule has 1 aliphatic carbocycles. The van der Waals surface area contributed by atoms with Crippen LogP contribution in [0.1, 0.15) is 40.0 Å². The molecule has 33 heavy (non-hydrogen) atoms. The van der Waals surface area contributed by atoms with Gasteiger partial charge in [-0.05, 0) is 72.7 Å². The number of fused-ring (bicyclic) bond motifs is 2. The number of hydrogen-bond donors (Lipinski definition) is 3. The molecule has 1 aliphatic rings. The molecule has 0 atom stereocenters. The van der Waals surface area contributed by atoms with Gasteiger partial charge in [-0.1, -0.05) is 24.3 Å². The summed E-state index contributed by atoms with van der Waals surface area (Å²) in [6, 6.07) is 15.9. The Hall–Kier alpha value is -3.65. The zero-order valence-corrected chi connectivity index (χ0v) is 18.8. The molecule has 2 aromatic heterocycles. The van der Waals surface area contributed by atoms with E-state index in [-0.39, 0.29) is 17.3 Å². The number of sulfonamides is 1. The number of aromatic amines is 1. The van der Waals surface area contributed by atoms with E-state index in [1.54, 1.807) is 42.7 Å². The molecule has 168 valence electrons. The van der Waals surface area contributed by atoms with Crippen molar-refractivity contribution in [3.8, 4) is 0 Å². The molecule has 5 rings (SSSR count). The Bertz CT molecular complexity index is 1390. The molecule has 2 aromatic carbocycles. The van der Waals surface area contributed by atoms with E-state index in [1.165, 1.54) is 5.56 Å². The number of carbonyl (C=O) groups excluding carboxylic acids is 1. The van der Waals surface area contributed by atoms with E-state index in [0.29, 0.717) is 11.4 Å². The van der Waals surface area contributed by atoms with E-state index in [1.807, 2.05) is 18.2 Å². The van der Waals surface area contributed by atoms with Crippen LogP contribution in [0, 0.1) is 0 Å². The van der Waals surface area contributed by atoms with Crippen LogP contribution in [0.5, 0.6) is 0 Å². The topological polar surface area (TPSA) is 104 Å². The SMILES string of the molecule is O=C(NCc1ccc(S(=O)(=O)Nc2cccc3c2CCCC3)cc1)c1cc2cnccc2[nH]1. The lowest BCUT2D eigenvalue weighted by atomic mass is 9.91. The van der Waals surface area contributed by atoms with Crippen LogP contribution in [-0.2, 0) is 29.4 Å². The number of nitrogens with zero attached hydrogens (tertiary/aromatic N) is 1. The molecule has 4 aromatic rings. The molecule has 3 N–H and O–H groups in total. The zero-order valence-electron chi connectivity index (χ0n) is 18.0. The monoisotopic (exact) mass is 460 g/mol. The van der Waals surface area contributed by atoms with Crippen molar-refractivity contribution in [3.63, 3.8) is 0 Å². The summed E-state index contributed by atoms with van der Waals surface area (Å²) in [5.74, 6) is -0.238. The van der Waals surface area contributed by atoms with Crippen molar-refractivity contribution in [1.29, 1.82) is 0 Å². The lowest BCUT2D eigenvalue weighted by molar-refractivity contribution is 0.0946. The Morgan fingerprint density at radius 2 is 1.85 bits per heavy atom. The van der Waals surface area contributed by atoms with Gasteiger partial charge in [0.15, 0.2) is 0 Å². The number of nitrogens with one attached hydrogen (secondary N) is 3. The van der Waals surface area contributed by atoms with Gasteiger partial charge in [0.1, 0.15) is 5.69 Å². The lowest BCUT2D eigenvalue weighted by Crippen LogP contribution is -2.23. The molecule has 0 saturated heterocycles. The summed E-state index contributed by atoms with van der Waals surface area (Å²) < 4.78 is 28.6. The van der Waals surface area contributed by atoms with Gasteiger partial charge in [-0.2, -0.15) is 0 Å². The minimum Gasteiger partial charge on any atom is -0.350 e. The average molecular weight is 461 g/mol. The Kier molecular flexibility index (Phi) is 5.60. The summed E-state index contributed by atoms with van der Waals surface area (Å²) in [4.78, 5) is 19.8. The summed E-state index contributed by atoms with van der Waals surface area (Å²) in [7, 11) is -3.70. The Labute approximate surface area is 192 Å². The molecule has 0 unspecified atom stereocenters. The summed E-state index contributed by atoms with van der Waals surface area (Å²) in [5, 5.41) is 3.72. The fourth-order valence-electron chi connectivity index (χ4n) is 4.24. The van der Waals surface area contributed by atoms with Crippen LogP contribution >= 0.6 is 0 Å². The Morgan fingerprint density at radius 3 is 2.67 bits per heavy atom. The molecular formula is C25H24N4O3S. The molecule has 0 radical (unpaired) electrons. The minimum absolute atomic E-state index is 0.189. The molecule has 7 nitrogen and oxygen atoms in total. The van der Waals surface area contributed by atoms with Gasteiger partial charge < -0.3 is 10.3 Å². The number of rotatable bonds is 6. The van der Waals surface area contributed by atoms with Crippen LogP contribution in [0.15, 0.2) is 71.9 Å². The average Bonchev–Trinajstić information content (AvgIpc) is 3.27. The largest absolute Gasteiger partial charge is 0.350 e. The van der Waals surface area contributed by atoms with Crippen molar-refractivity contribution in [2.75, 3.05) is 4.72 Å². The molecule has 0 saturated carbocycles. The highest BCUT2D eigenvalue weighted by molar-refractivity contribution is 7.92. The third-order valence-corrected chi connectivity index (χ3v) is 7.37. The number of benzene rings is 2. The lowest BCUT2D eigenvalue weighted by Gasteiger charge is -2.20. The number of amides is 1. The number of carbonyl (C=O) groups is 1. The number of H-pyrrole nitrogens is 1. The first-order valence-electron chi connectivity index (χ1n) is 10.9. The van der Waals surface area contributed by atoms with E-state index >= 15 is 0 Å². The van der Waals surface area contributed by atoms with Crippen LogP contribution in [0.2, 0.25) is 0 Å². The molecule has 2 heterocycles. The predicted molar refractivity (Wildman–Crippen MR) is 128 cm³/mol. The first-order chi connectivity index (χ1) is 16.0. The Balaban J connectivity index is 1.25. The number of hydrogen-bond acceptors (Lipinski definition) is 4. The van der Waals surface area contributed by atoms with E-state index in [4.69, 9.17) is 0 Å². The molecule has 0 bridgehead atoms. The highest BCUT2D eigenvalue weighted by Crippen LogP contribution is 2.29. The third-order valence-electron chi connectivity index (χ3n) is 5.99. The number of aromatic nitrogens is 2. The standard InChI is InChI=1S/C25H24N4O3S/c30-25(24-14-19-16-26-13-12-22(19)28-24)27-15-17-8-10-20(11-9-17)33(31,32)29-23-7-3-5-18-4-1-2-6-21(18)23/h3,5,7-14,16,28-29H,1-2,4,6,15H2,(H,27,30). The quantitative estimate of drug-likeness (QED) is 0.402. The second-order valence-corrected chi connectivity index (χ2v) is 9.91. The molecule has 8 heteroatoms. The van der Waals surface area contributed by atoms with Crippen molar-refractivity contribution >= 4 is 32.5 Å². The molecule has 0 aliphatic heterocycles. The molecule has 0 spiro atoms. The second-order valence-electron chi connectivity index (χ2n) is 8.23. The summed E-state index contributed by atoms with van der Waals surface area (Å²) in [6.45, 7) is 0.284. The maximum atomic E-state index is 12.9. The normalized spacial score (nSPS) is 13.5. The van der Waals surface area contributed by atoms with Crippen LogP contribution in [0.3, 0.4) is 0 Å². The van der Waals surface area contributed by atoms with Gasteiger partial charge in [0.05, 0.1) is 10.6 Å². The predicted octanol–water partition coefficient (Wildman–Crippen LogP) is 4.17. The minimum atomic E-state index is -3.70. The van der Waals surface area contributed by atoms with Crippen LogP contribution < -0.4 is 10.0 Å². The van der Waals surface area contributed by atoms with Gasteiger partial charge in [-0.15, -0.1) is 0 Å². The first kappa shape index (κ1) is 21.2. The number of anilines is 1. The fraction of sp³-hybridized carbons (Fsp3) is 0.200. The first-order valence-corrected chi connectivity index (χ1v) is 12.4. The van der Waals surface area contributed by atoms with E-state index in [0.717, 1.165) is 47.7 Å². The van der Waals surface area contributed by atoms with Gasteiger partial charge in [0.2, 0.25) is 0 Å². The van der Waals surface area contributed by atoms with Gasteiger partial charge in [0.25, 0.3) is 15.9 Å². The van der Waals surface area contributed by atoms with Crippen molar-refractivity contribution in [1.82, 2.24) is 15.3 Å². The second kappa shape index (κ2) is 8.71. The summed E-state index contributed by atoms with van der Waals surface area (Å²) in [6.07, 6.45) is 7.44. The number of pyridine rings is 1. The van der Waals surface area contributed by atoms with E-state index < -0.39 is 10.0 Å². The fourth-order valence-corrected chi connectivity index (χ4v) is 5.33. The summed E-state index contributed by atoms with van der Waals surface area (Å²) >= 11 is 0. The molecular weight excluding hydrogens is 436 g/mol. The van der Waals surface area contributed by atoms with E-state index in [2.05, 4.69) is 26.1 Å². The highest BCUT2D eigenvalue weighted by atomic mass is 32.2. The third kappa shape index (κ3) is 4.47. The van der Waals surface area contributed by atoms with Crippen molar-refractivity contribution < 1.29 is 13.2 Å². The zero-order chi connectivity index (χ0) is 22.8. The molecule has 1 amide bonds. The van der Waals surface area contributed by atoms with Crippen molar-refractivity contribution in [3.05, 3.63) is 89.4 Å². The maximum absolute atomic E-state index is 12.9. The van der Waals surface area contributed by atoms with Crippen LogP contribution in [0.4, 0.5) is 5.69 Å². The van der Waals surface area contributed by atoms with Gasteiger partial charge in [0, 0.05) is 29.8 Å². The number of aryl methyl sites for hydroxylation is 1.